The number of hydrogen-bond donors (Lipinski definition) is 2. The third kappa shape index (κ3) is 2.32. The SMILES string of the molecule is COc1ccccc1NC(=O)C1CC12CCNCC2. The number of nitrogens with one attached hydrogen (secondary N) is 2. The molecule has 4 heteroatoms. The maximum atomic E-state index is 12.3. The van der Waals surface area contributed by atoms with Crippen molar-refractivity contribution in [3.05, 3.63) is 24.3 Å². The number of ether oxygens (including phenoxy) is 1. The Morgan fingerprint density at radius 1 is 1.37 bits per heavy atom. The Morgan fingerprint density at radius 2 is 2.11 bits per heavy atom. The van der Waals surface area contributed by atoms with Gasteiger partial charge in [0, 0.05) is 5.92 Å². The number of benzene rings is 1. The number of anilines is 1. The van der Waals surface area contributed by atoms with E-state index in [1.807, 2.05) is 24.3 Å². The maximum Gasteiger partial charge on any atom is 0.228 e. The van der Waals surface area contributed by atoms with Gasteiger partial charge in [0.1, 0.15) is 5.75 Å². The number of methoxy groups -OCH3 is 1. The van der Waals surface area contributed by atoms with Crippen molar-refractivity contribution in [2.45, 2.75) is 19.3 Å². The van der Waals surface area contributed by atoms with Crippen LogP contribution in [0.4, 0.5) is 5.69 Å². The average molecular weight is 260 g/mol. The first-order valence-electron chi connectivity index (χ1n) is 6.90. The zero-order valence-corrected chi connectivity index (χ0v) is 11.2. The smallest absolute Gasteiger partial charge is 0.228 e. The Labute approximate surface area is 113 Å². The molecule has 1 saturated carbocycles. The van der Waals surface area contributed by atoms with Gasteiger partial charge in [-0.25, -0.2) is 0 Å². The van der Waals surface area contributed by atoms with E-state index < -0.39 is 0 Å². The molecule has 1 aliphatic carbocycles. The van der Waals surface area contributed by atoms with Crippen LogP contribution in [0.5, 0.6) is 5.75 Å². The second-order valence-corrected chi connectivity index (χ2v) is 5.56. The first-order chi connectivity index (χ1) is 9.25. The van der Waals surface area contributed by atoms with Crippen LogP contribution in [-0.2, 0) is 4.79 Å². The minimum absolute atomic E-state index is 0.145. The fourth-order valence-corrected chi connectivity index (χ4v) is 3.16. The Kier molecular flexibility index (Phi) is 3.19. The lowest BCUT2D eigenvalue weighted by Gasteiger charge is -2.23. The first-order valence-corrected chi connectivity index (χ1v) is 6.90. The highest BCUT2D eigenvalue weighted by atomic mass is 16.5. The van der Waals surface area contributed by atoms with Gasteiger partial charge < -0.3 is 15.4 Å². The molecular weight excluding hydrogens is 240 g/mol. The van der Waals surface area contributed by atoms with E-state index in [9.17, 15) is 4.79 Å². The van der Waals surface area contributed by atoms with E-state index in [0.717, 1.165) is 43.8 Å². The normalized spacial score (nSPS) is 23.9. The van der Waals surface area contributed by atoms with Crippen LogP contribution in [-0.4, -0.2) is 26.1 Å². The molecule has 0 aromatic heterocycles. The van der Waals surface area contributed by atoms with Gasteiger partial charge in [0.05, 0.1) is 12.8 Å². The number of carbonyl (C=O) groups excluding carboxylic acids is 1. The molecule has 1 heterocycles. The number of amides is 1. The Hall–Kier alpha value is -1.55. The van der Waals surface area contributed by atoms with Crippen LogP contribution in [0.2, 0.25) is 0 Å². The van der Waals surface area contributed by atoms with Crippen molar-refractivity contribution in [1.82, 2.24) is 5.32 Å². The predicted molar refractivity (Wildman–Crippen MR) is 74.3 cm³/mol. The van der Waals surface area contributed by atoms with Gasteiger partial charge in [-0.2, -0.15) is 0 Å². The fraction of sp³-hybridized carbons (Fsp3) is 0.533. The summed E-state index contributed by atoms with van der Waals surface area (Å²) in [5.74, 6) is 1.04. The van der Waals surface area contributed by atoms with Crippen molar-refractivity contribution >= 4 is 11.6 Å². The second-order valence-electron chi connectivity index (χ2n) is 5.56. The number of hydrogen-bond acceptors (Lipinski definition) is 3. The van der Waals surface area contributed by atoms with Crippen molar-refractivity contribution in [2.75, 3.05) is 25.5 Å². The lowest BCUT2D eigenvalue weighted by Crippen LogP contribution is -2.31. The van der Waals surface area contributed by atoms with Crippen LogP contribution in [0.25, 0.3) is 0 Å². The molecule has 2 N–H and O–H groups in total. The number of carbonyl (C=O) groups is 1. The topological polar surface area (TPSA) is 50.4 Å². The summed E-state index contributed by atoms with van der Waals surface area (Å²) in [6.07, 6.45) is 3.28. The molecule has 1 unspecified atom stereocenters. The van der Waals surface area contributed by atoms with E-state index in [1.54, 1.807) is 7.11 Å². The van der Waals surface area contributed by atoms with E-state index in [1.165, 1.54) is 0 Å². The third-order valence-electron chi connectivity index (χ3n) is 4.47. The van der Waals surface area contributed by atoms with Gasteiger partial charge in [-0.15, -0.1) is 0 Å². The molecular formula is C15H20N2O2. The quantitative estimate of drug-likeness (QED) is 0.874. The van der Waals surface area contributed by atoms with Gasteiger partial charge in [0.25, 0.3) is 0 Å². The highest BCUT2D eigenvalue weighted by molar-refractivity contribution is 5.96. The summed E-state index contributed by atoms with van der Waals surface area (Å²) < 4.78 is 5.26. The molecule has 3 rings (SSSR count). The number of rotatable bonds is 3. The van der Waals surface area contributed by atoms with Crippen LogP contribution >= 0.6 is 0 Å². The summed E-state index contributed by atoms with van der Waals surface area (Å²) in [7, 11) is 1.62. The van der Waals surface area contributed by atoms with E-state index in [4.69, 9.17) is 4.74 Å². The summed E-state index contributed by atoms with van der Waals surface area (Å²) in [5.41, 5.74) is 1.04. The lowest BCUT2D eigenvalue weighted by atomic mass is 9.92. The molecule has 1 aromatic carbocycles. The van der Waals surface area contributed by atoms with Crippen LogP contribution < -0.4 is 15.4 Å². The number of piperidine rings is 1. The minimum Gasteiger partial charge on any atom is -0.495 e. The zero-order valence-electron chi connectivity index (χ0n) is 11.2. The molecule has 0 bridgehead atoms. The van der Waals surface area contributed by atoms with E-state index in [0.29, 0.717) is 0 Å². The van der Waals surface area contributed by atoms with Crippen molar-refractivity contribution in [3.8, 4) is 5.75 Å². The molecule has 1 spiro atoms. The third-order valence-corrected chi connectivity index (χ3v) is 4.47. The van der Waals surface area contributed by atoms with Crippen molar-refractivity contribution in [3.63, 3.8) is 0 Å². The molecule has 2 fully saturated rings. The summed E-state index contributed by atoms with van der Waals surface area (Å²) in [6.45, 7) is 2.08. The molecule has 1 aliphatic heterocycles. The monoisotopic (exact) mass is 260 g/mol. The summed E-state index contributed by atoms with van der Waals surface area (Å²) >= 11 is 0. The van der Waals surface area contributed by atoms with Gasteiger partial charge in [0.15, 0.2) is 0 Å². The summed E-state index contributed by atoms with van der Waals surface area (Å²) in [6, 6.07) is 7.56. The van der Waals surface area contributed by atoms with Crippen molar-refractivity contribution in [2.24, 2.45) is 11.3 Å². The number of para-hydroxylation sites is 2. The fourth-order valence-electron chi connectivity index (χ4n) is 3.16. The lowest BCUT2D eigenvalue weighted by molar-refractivity contribution is -0.118. The molecule has 19 heavy (non-hydrogen) atoms. The zero-order chi connectivity index (χ0) is 13.3. The molecule has 4 nitrogen and oxygen atoms in total. The summed E-state index contributed by atoms with van der Waals surface area (Å²) in [4.78, 5) is 12.3. The highest BCUT2D eigenvalue weighted by Crippen LogP contribution is 2.58. The van der Waals surface area contributed by atoms with E-state index >= 15 is 0 Å². The van der Waals surface area contributed by atoms with Gasteiger partial charge in [0.2, 0.25) is 5.91 Å². The second kappa shape index (κ2) is 4.85. The van der Waals surface area contributed by atoms with Crippen LogP contribution in [0.15, 0.2) is 24.3 Å². The molecule has 1 aromatic rings. The Balaban J connectivity index is 1.66. The van der Waals surface area contributed by atoms with Gasteiger partial charge in [-0.3, -0.25) is 4.79 Å². The Morgan fingerprint density at radius 3 is 2.84 bits per heavy atom. The first kappa shape index (κ1) is 12.5. The highest BCUT2D eigenvalue weighted by Gasteiger charge is 2.57. The van der Waals surface area contributed by atoms with Crippen molar-refractivity contribution in [1.29, 1.82) is 0 Å². The molecule has 1 amide bonds. The van der Waals surface area contributed by atoms with Crippen LogP contribution in [0.1, 0.15) is 19.3 Å². The predicted octanol–water partition coefficient (Wildman–Crippen LogP) is 2.02. The molecule has 102 valence electrons. The average Bonchev–Trinajstić information content (AvgIpc) is 3.14. The van der Waals surface area contributed by atoms with E-state index in [2.05, 4.69) is 10.6 Å². The molecule has 1 saturated heterocycles. The largest absolute Gasteiger partial charge is 0.495 e. The molecule has 1 atom stereocenters. The van der Waals surface area contributed by atoms with Gasteiger partial charge in [-0.05, 0) is 49.9 Å². The van der Waals surface area contributed by atoms with Gasteiger partial charge >= 0.3 is 0 Å². The molecule has 0 radical (unpaired) electrons. The van der Waals surface area contributed by atoms with Crippen LogP contribution in [0, 0.1) is 11.3 Å². The standard InChI is InChI=1S/C15H20N2O2/c1-19-13-5-3-2-4-12(13)17-14(18)11-10-15(11)6-8-16-9-7-15/h2-5,11,16H,6-10H2,1H3,(H,17,18). The van der Waals surface area contributed by atoms with Crippen molar-refractivity contribution < 1.29 is 9.53 Å². The van der Waals surface area contributed by atoms with E-state index in [-0.39, 0.29) is 17.2 Å². The van der Waals surface area contributed by atoms with Crippen LogP contribution in [0.3, 0.4) is 0 Å². The van der Waals surface area contributed by atoms with Gasteiger partial charge in [-0.1, -0.05) is 12.1 Å². The maximum absolute atomic E-state index is 12.3. The summed E-state index contributed by atoms with van der Waals surface area (Å²) in [5, 5.41) is 6.37. The molecule has 2 aliphatic rings. The Bertz CT molecular complexity index is 481. The minimum atomic E-state index is 0.145.